The van der Waals surface area contributed by atoms with Gasteiger partial charge in [0.05, 0.1) is 85.5 Å². The summed E-state index contributed by atoms with van der Waals surface area (Å²) in [4.78, 5) is 59.2. The van der Waals surface area contributed by atoms with Crippen molar-refractivity contribution >= 4 is 23.9 Å². The maximum absolute atomic E-state index is 12.9. The van der Waals surface area contributed by atoms with Crippen molar-refractivity contribution in [2.24, 2.45) is 93.9 Å². The van der Waals surface area contributed by atoms with Gasteiger partial charge in [-0.15, -0.1) is 0 Å². The van der Waals surface area contributed by atoms with E-state index in [1.807, 2.05) is 75.0 Å². The Hall–Kier alpha value is -7.16. The Morgan fingerprint density at radius 3 is 0.792 bits per heavy atom. The number of fused-ring (bicyclic) bond motifs is 12. The summed E-state index contributed by atoms with van der Waals surface area (Å²) < 4.78 is 247. The van der Waals surface area contributed by atoms with Crippen molar-refractivity contribution in [3.63, 3.8) is 0 Å². The molecule has 0 aliphatic carbocycles. The summed E-state index contributed by atoms with van der Waals surface area (Å²) in [6.45, 7) is 34.3. The molecule has 4 aromatic carbocycles. The maximum Gasteiger partial charge on any atom is 0.323 e. The van der Waals surface area contributed by atoms with E-state index in [1.54, 1.807) is 13.8 Å². The van der Waals surface area contributed by atoms with Crippen molar-refractivity contribution in [2.75, 3.05) is 109 Å². The third-order valence-electron chi connectivity index (χ3n) is 23.7. The van der Waals surface area contributed by atoms with E-state index in [-0.39, 0.29) is 197 Å². The minimum Gasteiger partial charge on any atom is -0.493 e. The third kappa shape index (κ3) is 23.8. The second-order valence-corrected chi connectivity index (χ2v) is 35.9. The van der Waals surface area contributed by atoms with E-state index in [9.17, 15) is 28.8 Å². The highest BCUT2D eigenvalue weighted by molar-refractivity contribution is 5.77. The normalized spacial score (nSPS) is 31.9. The summed E-state index contributed by atoms with van der Waals surface area (Å²) in [7, 11) is 2.49. The topological polar surface area (TPSA) is 296 Å². The lowest BCUT2D eigenvalue weighted by molar-refractivity contribution is -0.161. The quantitative estimate of drug-likeness (QED) is 0.0303. The highest BCUT2D eigenvalue weighted by atomic mass is 16.6. The van der Waals surface area contributed by atoms with Crippen LogP contribution in [0.1, 0.15) is 260 Å². The molecule has 672 valence electrons. The van der Waals surface area contributed by atoms with Gasteiger partial charge in [0.2, 0.25) is 0 Å². The van der Waals surface area contributed by atoms with Gasteiger partial charge in [-0.3, -0.25) is 38.8 Å². The lowest BCUT2D eigenvalue weighted by atomic mass is 9.79. The number of esters is 4. The Morgan fingerprint density at radius 1 is 0.342 bits per heavy atom. The summed E-state index contributed by atoms with van der Waals surface area (Å²) in [5, 5.41) is 0. The van der Waals surface area contributed by atoms with E-state index >= 15 is 0 Å². The molecule has 8 aliphatic heterocycles. The Bertz CT molecular complexity index is 4990. The van der Waals surface area contributed by atoms with E-state index in [1.165, 1.54) is 42.7 Å². The van der Waals surface area contributed by atoms with Crippen LogP contribution in [0.3, 0.4) is 0 Å². The fourth-order valence-electron chi connectivity index (χ4n) is 16.9. The molecule has 8 heterocycles. The minimum atomic E-state index is -2.86. The van der Waals surface area contributed by atoms with Crippen molar-refractivity contribution in [3.8, 4) is 46.0 Å². The molecule has 0 radical (unpaired) electrons. The zero-order chi connectivity index (χ0) is 106. The van der Waals surface area contributed by atoms with Crippen LogP contribution in [-0.2, 0) is 63.8 Å². The van der Waals surface area contributed by atoms with Gasteiger partial charge < -0.3 is 79.8 Å². The maximum atomic E-state index is 12.9. The van der Waals surface area contributed by atoms with Crippen molar-refractivity contribution in [1.29, 1.82) is 0 Å². The van der Waals surface area contributed by atoms with Crippen molar-refractivity contribution < 1.29 is 105 Å². The first-order valence-electron chi connectivity index (χ1n) is 53.4. The van der Waals surface area contributed by atoms with Gasteiger partial charge in [0.15, 0.2) is 46.0 Å². The SMILES string of the molecule is [2H]c1c2c(c([2H])c(OC)c1OC([2H])([2H])[2H])C1([2H])CC(OC(=O)[C@@H](N)C(C)C)C(CC(C)C)CN1CC2.[2H]c1c2c(c([2H])c(OC)c1OC([2H])([2H])[2H])C1([2H])CC([2H])(OC(=O)[C@@H](N)C(C)C)C(CC(C)C)CN1CC2.[2H]c1c2c(c([2H])c(OC)c1OC)C1([2H])CC([2H])(OC(=O)[C@@H](N)C(C)C)C(CC(C)C)CN1CC2.[2H]c1c2c(c([2H])c(OC)c1OC)C1([2H])CC([2H])(OC(=O)[C@@H](N)C(C)C)C(CC(C)C)CN1CC2. The van der Waals surface area contributed by atoms with E-state index < -0.39 is 116 Å². The molecule has 12 rings (SSSR count). The minimum absolute atomic E-state index is 0.0157. The molecule has 24 heteroatoms. The standard InChI is InChI=1S/4C24H38N2O4/c4*1-14(2)9-17-13-26-8-7-16-10-21(28-5)22(29-6)11-18(16)19(26)12-20(17)30-24(27)23(25)15(3)4/h4*10-11,14-15,17,19-20,23H,7-9,12-13,25H2,1-6H3/t4*17?,19?,20?,23-/m0000/s1/i5D3,10D,11D,19D,20D;2*10D,11D,19D,20D;5D3,10D,11D,19D. The van der Waals surface area contributed by atoms with Crippen LogP contribution in [0.15, 0.2) is 48.3 Å². The van der Waals surface area contributed by atoms with Crippen LogP contribution in [0.4, 0.5) is 0 Å². The van der Waals surface area contributed by atoms with Gasteiger partial charge in [-0.25, -0.2) is 0 Å². The molecule has 4 aromatic rings. The highest BCUT2D eigenvalue weighted by Crippen LogP contribution is 2.50. The molecule has 0 spiro atoms. The first kappa shape index (κ1) is 70.2. The number of benzene rings is 4. The summed E-state index contributed by atoms with van der Waals surface area (Å²) >= 11 is 0. The molecule has 4 fully saturated rings. The molecular formula is C96H152N8O16. The highest BCUT2D eigenvalue weighted by Gasteiger charge is 2.47. The van der Waals surface area contributed by atoms with Crippen LogP contribution in [0.2, 0.25) is 0 Å². The van der Waals surface area contributed by atoms with Gasteiger partial charge in [0.25, 0.3) is 0 Å². The van der Waals surface area contributed by atoms with E-state index in [4.69, 9.17) is 99.0 Å². The van der Waals surface area contributed by atoms with Gasteiger partial charge in [-0.1, -0.05) is 111 Å². The summed E-state index contributed by atoms with van der Waals surface area (Å²) in [6.07, 6.45) is -1.95. The van der Waals surface area contributed by atoms with Gasteiger partial charge in [-0.2, -0.15) is 0 Å². The molecule has 8 aliphatic rings. The second-order valence-electron chi connectivity index (χ2n) is 35.9. The monoisotopic (exact) mass is 1690 g/mol. The average molecular weight is 1700 g/mol. The molecule has 120 heavy (non-hydrogen) atoms. The Labute approximate surface area is 748 Å². The molecule has 16 atom stereocenters. The van der Waals surface area contributed by atoms with Crippen molar-refractivity contribution in [3.05, 3.63) is 92.8 Å². The number of piperidine rings is 4. The van der Waals surface area contributed by atoms with Crippen LogP contribution in [0, 0.1) is 71.0 Å². The van der Waals surface area contributed by atoms with Gasteiger partial charge in [0, 0.05) is 126 Å². The molecule has 0 aromatic heterocycles. The van der Waals surface area contributed by atoms with Crippen molar-refractivity contribution in [2.45, 2.75) is 260 Å². The Kier molecular flexibility index (Phi) is 25.7. The van der Waals surface area contributed by atoms with Crippen LogP contribution >= 0.6 is 0 Å². The molecule has 8 N–H and O–H groups in total. The smallest absolute Gasteiger partial charge is 0.323 e. The molecule has 0 amide bonds. The van der Waals surface area contributed by atoms with Crippen LogP contribution < -0.4 is 60.8 Å². The predicted molar refractivity (Wildman–Crippen MR) is 471 cm³/mol. The zero-order valence-corrected chi connectivity index (χ0v) is 75.1. The largest absolute Gasteiger partial charge is 0.493 e. The van der Waals surface area contributed by atoms with Gasteiger partial charge in [0.1, 0.15) is 48.5 Å². The first-order valence-corrected chi connectivity index (χ1v) is 42.9. The van der Waals surface area contributed by atoms with Crippen molar-refractivity contribution in [1.82, 2.24) is 19.6 Å². The van der Waals surface area contributed by atoms with Crippen LogP contribution in [0.25, 0.3) is 0 Å². The first-order chi connectivity index (χ1) is 65.1. The van der Waals surface area contributed by atoms with Crippen LogP contribution in [-0.4, -0.2) is 201 Å². The summed E-state index contributed by atoms with van der Waals surface area (Å²) in [5.74, 6) is -3.72. The van der Waals surface area contributed by atoms with Gasteiger partial charge >= 0.3 is 23.9 Å². The number of carbonyl (C=O) groups is 4. The number of carbonyl (C=O) groups excluding carboxylic acids is 4. The number of hydrogen-bond donors (Lipinski definition) is 4. The molecule has 0 saturated carbocycles. The Morgan fingerprint density at radius 2 is 0.558 bits per heavy atom. The molecule has 24 nitrogen and oxygen atoms in total. The van der Waals surface area contributed by atoms with E-state index in [2.05, 4.69) is 41.5 Å². The third-order valence-corrected chi connectivity index (χ3v) is 23.7. The number of hydrogen-bond acceptors (Lipinski definition) is 24. The second kappa shape index (κ2) is 43.9. The number of rotatable bonds is 28. The fraction of sp³-hybridized carbons (Fsp3) is 0.708. The summed E-state index contributed by atoms with van der Waals surface area (Å²) in [6, 6.07) is -10.4. The molecule has 0 bridgehead atoms. The number of nitrogens with zero attached hydrogens (tertiary/aromatic N) is 4. The molecule has 12 unspecified atom stereocenters. The number of methoxy groups -OCH3 is 8. The fourth-order valence-corrected chi connectivity index (χ4v) is 16.9. The zero-order valence-electron chi connectivity index (χ0n) is 96.1. The predicted octanol–water partition coefficient (Wildman–Crippen LogP) is 14.3. The van der Waals surface area contributed by atoms with E-state index in [0.29, 0.717) is 130 Å². The lowest BCUT2D eigenvalue weighted by Crippen LogP contribution is -2.51. The van der Waals surface area contributed by atoms with E-state index in [0.717, 1.165) is 6.42 Å². The average Bonchev–Trinajstić information content (AvgIpc) is 0.720. The summed E-state index contributed by atoms with van der Waals surface area (Å²) in [5.41, 5.74) is 27.0. The lowest BCUT2D eigenvalue weighted by Gasteiger charge is -2.47. The van der Waals surface area contributed by atoms with Gasteiger partial charge in [-0.05, 0) is 192 Å². The Balaban J connectivity index is 0.000000210. The van der Waals surface area contributed by atoms with Crippen LogP contribution in [0.5, 0.6) is 46.0 Å². The number of nitrogens with two attached hydrogens (primary N) is 4. The molecule has 4 saturated heterocycles. The number of ether oxygens (including phenoxy) is 12. The molecular weight excluding hydrogens is 1520 g/mol.